The third-order valence-corrected chi connectivity index (χ3v) is 6.92. The predicted molar refractivity (Wildman–Crippen MR) is 127 cm³/mol. The summed E-state index contributed by atoms with van der Waals surface area (Å²) in [6.07, 6.45) is 1.62. The van der Waals surface area contributed by atoms with E-state index in [1.165, 1.54) is 4.90 Å². The summed E-state index contributed by atoms with van der Waals surface area (Å²) < 4.78 is 0.866. The van der Waals surface area contributed by atoms with E-state index in [0.29, 0.717) is 21.8 Å². The first-order valence-corrected chi connectivity index (χ1v) is 11.2. The number of carbonyl (C=O) groups excluding carboxylic acids is 2. The molecule has 0 spiro atoms. The highest BCUT2D eigenvalue weighted by Gasteiger charge is 2.46. The molecule has 5 nitrogen and oxygen atoms in total. The SMILES string of the molecule is Cc1cc(/C(O)=C2/C(=O)C(=O)N(Cc3ccccn3)C2c2ccc(Cl)c(Cl)c2)ccc1Br. The number of amides is 1. The lowest BCUT2D eigenvalue weighted by molar-refractivity contribution is -0.140. The number of nitrogens with zero attached hydrogens (tertiary/aromatic N) is 2. The molecule has 1 fully saturated rings. The Morgan fingerprint density at radius 3 is 2.53 bits per heavy atom. The average molecular weight is 532 g/mol. The van der Waals surface area contributed by atoms with E-state index in [2.05, 4.69) is 20.9 Å². The van der Waals surface area contributed by atoms with Gasteiger partial charge in [-0.15, -0.1) is 0 Å². The van der Waals surface area contributed by atoms with E-state index in [1.807, 2.05) is 6.92 Å². The fourth-order valence-electron chi connectivity index (χ4n) is 3.69. The molecule has 162 valence electrons. The molecule has 8 heteroatoms. The van der Waals surface area contributed by atoms with Gasteiger partial charge in [-0.2, -0.15) is 0 Å². The molecule has 1 atom stereocenters. The van der Waals surface area contributed by atoms with Crippen LogP contribution in [0.5, 0.6) is 0 Å². The second-order valence-electron chi connectivity index (χ2n) is 7.39. The van der Waals surface area contributed by atoms with Gasteiger partial charge in [0, 0.05) is 16.2 Å². The standard InChI is InChI=1S/C24H17BrCl2N2O3/c1-13-10-15(5-7-17(13)25)22(30)20-21(14-6-8-18(26)19(27)11-14)29(24(32)23(20)31)12-16-4-2-3-9-28-16/h2-11,21,30H,12H2,1H3/b22-20-. The van der Waals surface area contributed by atoms with Crippen LogP contribution in [-0.2, 0) is 16.1 Å². The van der Waals surface area contributed by atoms with Gasteiger partial charge in [-0.25, -0.2) is 0 Å². The van der Waals surface area contributed by atoms with Gasteiger partial charge in [0.1, 0.15) is 5.76 Å². The largest absolute Gasteiger partial charge is 0.507 e. The van der Waals surface area contributed by atoms with Crippen LogP contribution >= 0.6 is 39.1 Å². The number of halogens is 3. The molecule has 1 unspecified atom stereocenters. The van der Waals surface area contributed by atoms with E-state index in [4.69, 9.17) is 23.2 Å². The van der Waals surface area contributed by atoms with Gasteiger partial charge in [0.2, 0.25) is 0 Å². The minimum atomic E-state index is -0.851. The molecule has 0 saturated carbocycles. The highest BCUT2D eigenvalue weighted by molar-refractivity contribution is 9.10. The lowest BCUT2D eigenvalue weighted by Crippen LogP contribution is -2.29. The van der Waals surface area contributed by atoms with E-state index in [1.54, 1.807) is 60.8 Å². The Balaban J connectivity index is 1.90. The zero-order valence-electron chi connectivity index (χ0n) is 16.8. The van der Waals surface area contributed by atoms with Crippen LogP contribution in [0.1, 0.15) is 28.4 Å². The number of ketones is 1. The lowest BCUT2D eigenvalue weighted by atomic mass is 9.95. The number of aliphatic hydroxyl groups excluding tert-OH is 1. The number of hydrogen-bond acceptors (Lipinski definition) is 4. The zero-order valence-corrected chi connectivity index (χ0v) is 19.9. The van der Waals surface area contributed by atoms with Crippen molar-refractivity contribution in [2.45, 2.75) is 19.5 Å². The van der Waals surface area contributed by atoms with Crippen molar-refractivity contribution in [1.82, 2.24) is 9.88 Å². The normalized spacial score (nSPS) is 17.8. The van der Waals surface area contributed by atoms with E-state index < -0.39 is 17.7 Å². The molecular formula is C24H17BrCl2N2O3. The predicted octanol–water partition coefficient (Wildman–Crippen LogP) is 6.08. The van der Waals surface area contributed by atoms with Crippen LogP contribution in [0.25, 0.3) is 5.76 Å². The number of aliphatic hydroxyl groups is 1. The second-order valence-corrected chi connectivity index (χ2v) is 9.05. The van der Waals surface area contributed by atoms with Gasteiger partial charge in [-0.1, -0.05) is 57.3 Å². The summed E-state index contributed by atoms with van der Waals surface area (Å²) in [6.45, 7) is 1.96. The molecular weight excluding hydrogens is 515 g/mol. The van der Waals surface area contributed by atoms with Crippen LogP contribution in [0.2, 0.25) is 10.0 Å². The van der Waals surface area contributed by atoms with Crippen LogP contribution in [0.3, 0.4) is 0 Å². The maximum atomic E-state index is 13.1. The molecule has 0 radical (unpaired) electrons. The monoisotopic (exact) mass is 530 g/mol. The third kappa shape index (κ3) is 4.18. The Kier molecular flexibility index (Phi) is 6.38. The molecule has 0 bridgehead atoms. The first-order chi connectivity index (χ1) is 15.3. The van der Waals surface area contributed by atoms with Crippen LogP contribution in [-0.4, -0.2) is 26.7 Å². The van der Waals surface area contributed by atoms with Crippen LogP contribution < -0.4 is 0 Å². The highest BCUT2D eigenvalue weighted by Crippen LogP contribution is 2.41. The number of Topliss-reactive ketones (excluding diaryl/α,β-unsaturated/α-hetero) is 1. The molecule has 1 N–H and O–H groups in total. The molecule has 1 amide bonds. The number of aryl methyl sites for hydroxylation is 1. The first kappa shape index (κ1) is 22.5. The van der Waals surface area contributed by atoms with Crippen LogP contribution in [0.4, 0.5) is 0 Å². The van der Waals surface area contributed by atoms with Gasteiger partial charge >= 0.3 is 0 Å². The first-order valence-electron chi connectivity index (χ1n) is 9.67. The molecule has 3 aromatic rings. The number of aromatic nitrogens is 1. The van der Waals surface area contributed by atoms with E-state index >= 15 is 0 Å². The van der Waals surface area contributed by atoms with Crippen molar-refractivity contribution in [2.24, 2.45) is 0 Å². The summed E-state index contributed by atoms with van der Waals surface area (Å²) in [5.74, 6) is -1.74. The Bertz CT molecular complexity index is 1260. The van der Waals surface area contributed by atoms with Crippen molar-refractivity contribution >= 4 is 56.6 Å². The second kappa shape index (κ2) is 9.06. The highest BCUT2D eigenvalue weighted by atomic mass is 79.9. The average Bonchev–Trinajstić information content (AvgIpc) is 3.02. The molecule has 32 heavy (non-hydrogen) atoms. The number of benzene rings is 2. The quantitative estimate of drug-likeness (QED) is 0.251. The molecule has 0 aliphatic carbocycles. The summed E-state index contributed by atoms with van der Waals surface area (Å²) in [5, 5.41) is 11.8. The van der Waals surface area contributed by atoms with Gasteiger partial charge in [0.05, 0.1) is 33.9 Å². The van der Waals surface area contributed by atoms with E-state index in [9.17, 15) is 14.7 Å². The molecule has 4 rings (SSSR count). The van der Waals surface area contributed by atoms with Crippen molar-refractivity contribution in [3.63, 3.8) is 0 Å². The summed E-state index contributed by atoms with van der Waals surface area (Å²) in [7, 11) is 0. The number of carbonyl (C=O) groups is 2. The maximum absolute atomic E-state index is 13.1. The minimum absolute atomic E-state index is 0.00829. The van der Waals surface area contributed by atoms with Gasteiger partial charge in [-0.05, 0) is 54.4 Å². The molecule has 1 saturated heterocycles. The molecule has 1 aliphatic heterocycles. The summed E-state index contributed by atoms with van der Waals surface area (Å²) >= 11 is 15.8. The van der Waals surface area contributed by atoms with Gasteiger partial charge in [-0.3, -0.25) is 14.6 Å². The smallest absolute Gasteiger partial charge is 0.296 e. The van der Waals surface area contributed by atoms with Crippen molar-refractivity contribution in [2.75, 3.05) is 0 Å². The maximum Gasteiger partial charge on any atom is 0.296 e. The Morgan fingerprint density at radius 2 is 1.88 bits per heavy atom. The fourth-order valence-corrected chi connectivity index (χ4v) is 4.24. The summed E-state index contributed by atoms with van der Waals surface area (Å²) in [5.41, 5.74) is 2.48. The fraction of sp³-hybridized carbons (Fsp3) is 0.125. The zero-order chi connectivity index (χ0) is 23.0. The van der Waals surface area contributed by atoms with Crippen molar-refractivity contribution < 1.29 is 14.7 Å². The van der Waals surface area contributed by atoms with E-state index in [0.717, 1.165) is 10.0 Å². The molecule has 1 aromatic heterocycles. The van der Waals surface area contributed by atoms with Crippen molar-refractivity contribution in [3.8, 4) is 0 Å². The van der Waals surface area contributed by atoms with Gasteiger partial charge < -0.3 is 10.0 Å². The van der Waals surface area contributed by atoms with Crippen molar-refractivity contribution in [3.05, 3.63) is 103 Å². The minimum Gasteiger partial charge on any atom is -0.507 e. The summed E-state index contributed by atoms with van der Waals surface area (Å²) in [6, 6.07) is 14.6. The van der Waals surface area contributed by atoms with Crippen LogP contribution in [0.15, 0.2) is 70.8 Å². The van der Waals surface area contributed by atoms with Gasteiger partial charge in [0.25, 0.3) is 11.7 Å². The van der Waals surface area contributed by atoms with Gasteiger partial charge in [0.15, 0.2) is 0 Å². The summed E-state index contributed by atoms with van der Waals surface area (Å²) in [4.78, 5) is 31.8. The Morgan fingerprint density at radius 1 is 1.09 bits per heavy atom. The lowest BCUT2D eigenvalue weighted by Gasteiger charge is -2.25. The van der Waals surface area contributed by atoms with Crippen LogP contribution in [0, 0.1) is 6.92 Å². The number of hydrogen-bond donors (Lipinski definition) is 1. The van der Waals surface area contributed by atoms with E-state index in [-0.39, 0.29) is 22.9 Å². The number of pyridine rings is 1. The molecule has 2 heterocycles. The molecule has 2 aromatic carbocycles. The topological polar surface area (TPSA) is 70.5 Å². The Labute approximate surface area is 203 Å². The third-order valence-electron chi connectivity index (χ3n) is 5.29. The van der Waals surface area contributed by atoms with Crippen molar-refractivity contribution in [1.29, 1.82) is 0 Å². The Hall–Kier alpha value is -2.67. The molecule has 1 aliphatic rings. The number of likely N-dealkylation sites (tertiary alicyclic amines) is 1. The number of rotatable bonds is 4.